The van der Waals surface area contributed by atoms with Crippen molar-refractivity contribution in [2.24, 2.45) is 0 Å². The normalized spacial score (nSPS) is 24.8. The van der Waals surface area contributed by atoms with Crippen molar-refractivity contribution in [1.29, 1.82) is 0 Å². The number of fused-ring (bicyclic) bond motifs is 1. The third-order valence-corrected chi connectivity index (χ3v) is 5.29. The summed E-state index contributed by atoms with van der Waals surface area (Å²) in [6.07, 6.45) is -1.36. The van der Waals surface area contributed by atoms with Crippen molar-refractivity contribution in [3.63, 3.8) is 0 Å². The number of imidazole rings is 1. The van der Waals surface area contributed by atoms with Crippen LogP contribution in [0.4, 0.5) is 5.82 Å². The molecule has 1 aliphatic heterocycles. The summed E-state index contributed by atoms with van der Waals surface area (Å²) in [7, 11) is 0. The molecule has 4 N–H and O–H groups in total. The van der Waals surface area contributed by atoms with Gasteiger partial charge in [0.05, 0.1) is 12.9 Å². The summed E-state index contributed by atoms with van der Waals surface area (Å²) < 4.78 is 7.08. The van der Waals surface area contributed by atoms with E-state index in [1.54, 1.807) is 0 Å². The summed E-state index contributed by atoms with van der Waals surface area (Å²) in [6.45, 7) is 2.04. The maximum Gasteiger partial charge on any atom is 0.167 e. The summed E-state index contributed by atoms with van der Waals surface area (Å²) in [5.74, 6) is 0.509. The van der Waals surface area contributed by atoms with E-state index in [0.29, 0.717) is 28.5 Å². The zero-order valence-corrected chi connectivity index (χ0v) is 15.8. The van der Waals surface area contributed by atoms with Crippen LogP contribution in [0.25, 0.3) is 11.2 Å². The molecule has 3 aromatic rings. The van der Waals surface area contributed by atoms with Crippen molar-refractivity contribution in [3.05, 3.63) is 47.0 Å². The Morgan fingerprint density at radius 2 is 2.04 bits per heavy atom. The van der Waals surface area contributed by atoms with Gasteiger partial charge in [0.25, 0.3) is 0 Å². The molecule has 0 bridgehead atoms. The van der Waals surface area contributed by atoms with E-state index < -0.39 is 31.1 Å². The van der Waals surface area contributed by atoms with E-state index in [-0.39, 0.29) is 0 Å². The molecule has 0 aliphatic carbocycles. The molecule has 3 heterocycles. The first-order valence-electron chi connectivity index (χ1n) is 8.79. The summed E-state index contributed by atoms with van der Waals surface area (Å²) in [5.41, 5.74) is 2.94. The first-order valence-corrected chi connectivity index (χ1v) is 9.17. The minimum Gasteiger partial charge on any atom is -0.394 e. The Kier molecular flexibility index (Phi) is 5.17. The van der Waals surface area contributed by atoms with Crippen molar-refractivity contribution in [2.75, 3.05) is 11.9 Å². The first kappa shape index (κ1) is 19.0. The zero-order chi connectivity index (χ0) is 19.8. The molecule has 1 aromatic carbocycles. The third-order valence-electron chi connectivity index (χ3n) is 4.94. The van der Waals surface area contributed by atoms with E-state index in [1.165, 1.54) is 17.2 Å². The molecule has 4 atom stereocenters. The lowest BCUT2D eigenvalue weighted by Crippen LogP contribution is -2.33. The lowest BCUT2D eigenvalue weighted by atomic mass is 10.1. The van der Waals surface area contributed by atoms with Crippen LogP contribution in [0.2, 0.25) is 5.02 Å². The smallest absolute Gasteiger partial charge is 0.167 e. The van der Waals surface area contributed by atoms with Crippen LogP contribution in [-0.4, -0.2) is 59.8 Å². The number of anilines is 1. The summed E-state index contributed by atoms with van der Waals surface area (Å²) in [4.78, 5) is 12.8. The second-order valence-corrected chi connectivity index (χ2v) is 7.07. The topological polar surface area (TPSA) is 126 Å². The van der Waals surface area contributed by atoms with Crippen LogP contribution in [0, 0.1) is 6.92 Å². The van der Waals surface area contributed by atoms with E-state index in [9.17, 15) is 15.3 Å². The van der Waals surface area contributed by atoms with Gasteiger partial charge in [-0.2, -0.15) is 0 Å². The number of hydrogen-bond acceptors (Lipinski definition) is 8. The van der Waals surface area contributed by atoms with Crippen molar-refractivity contribution >= 4 is 28.6 Å². The van der Waals surface area contributed by atoms with E-state index in [2.05, 4.69) is 20.3 Å². The highest BCUT2D eigenvalue weighted by Crippen LogP contribution is 2.32. The highest BCUT2D eigenvalue weighted by Gasteiger charge is 2.44. The maximum atomic E-state index is 10.3. The number of nitrogens with zero attached hydrogens (tertiary/aromatic N) is 4. The second kappa shape index (κ2) is 7.61. The predicted octanol–water partition coefficient (Wildman–Crippen LogP) is 1.01. The number of aromatic nitrogens is 4. The van der Waals surface area contributed by atoms with Crippen molar-refractivity contribution in [2.45, 2.75) is 38.0 Å². The molecule has 0 saturated carbocycles. The molecule has 2 aromatic heterocycles. The molecule has 0 radical (unpaired) electrons. The fourth-order valence-electron chi connectivity index (χ4n) is 3.34. The molecule has 10 heteroatoms. The van der Waals surface area contributed by atoms with Crippen molar-refractivity contribution in [1.82, 2.24) is 19.5 Å². The van der Waals surface area contributed by atoms with Crippen LogP contribution < -0.4 is 5.32 Å². The molecule has 1 saturated heterocycles. The number of benzene rings is 1. The Morgan fingerprint density at radius 1 is 1.21 bits per heavy atom. The van der Waals surface area contributed by atoms with Gasteiger partial charge >= 0.3 is 0 Å². The highest BCUT2D eigenvalue weighted by molar-refractivity contribution is 6.31. The zero-order valence-electron chi connectivity index (χ0n) is 15.0. The monoisotopic (exact) mass is 405 g/mol. The van der Waals surface area contributed by atoms with Crippen LogP contribution in [0.3, 0.4) is 0 Å². The van der Waals surface area contributed by atoms with E-state index in [0.717, 1.165) is 11.1 Å². The lowest BCUT2D eigenvalue weighted by Gasteiger charge is -2.16. The molecule has 28 heavy (non-hydrogen) atoms. The summed E-state index contributed by atoms with van der Waals surface area (Å²) in [6, 6.07) is 5.71. The molecule has 9 nitrogen and oxygen atoms in total. The van der Waals surface area contributed by atoms with Crippen LogP contribution >= 0.6 is 11.6 Å². The predicted molar refractivity (Wildman–Crippen MR) is 102 cm³/mol. The van der Waals surface area contributed by atoms with Crippen LogP contribution in [0.5, 0.6) is 0 Å². The summed E-state index contributed by atoms with van der Waals surface area (Å²) >= 11 is 6.28. The third kappa shape index (κ3) is 3.21. The molecular formula is C18H20ClN5O4. The minimum atomic E-state index is -1.22. The number of rotatable bonds is 5. The fraction of sp³-hybridized carbons (Fsp3) is 0.389. The van der Waals surface area contributed by atoms with E-state index in [4.69, 9.17) is 16.3 Å². The van der Waals surface area contributed by atoms with Gasteiger partial charge in [0, 0.05) is 11.6 Å². The van der Waals surface area contributed by atoms with Gasteiger partial charge in [-0.3, -0.25) is 4.57 Å². The average Bonchev–Trinajstić information content (AvgIpc) is 3.23. The molecule has 4 rings (SSSR count). The highest BCUT2D eigenvalue weighted by atomic mass is 35.5. The van der Waals surface area contributed by atoms with Gasteiger partial charge in [0.2, 0.25) is 0 Å². The van der Waals surface area contributed by atoms with Crippen molar-refractivity contribution < 1.29 is 20.1 Å². The van der Waals surface area contributed by atoms with Crippen LogP contribution in [-0.2, 0) is 11.3 Å². The average molecular weight is 406 g/mol. The standard InChI is InChI=1S/C18H20ClN5O4/c1-9-3-2-4-11(19)10(9)5-20-16-13-17(22-7-21-16)24(8-23-13)18-15(27)14(26)12(6-25)28-18/h2-4,7-8,12,14-15,18,25-27H,5-6H2,1H3,(H,20,21,22)/t12-,14-,15-,18-/m1/s1. The largest absolute Gasteiger partial charge is 0.394 e. The quantitative estimate of drug-likeness (QED) is 0.495. The number of aliphatic hydroxyl groups is 3. The number of halogens is 1. The SMILES string of the molecule is Cc1cccc(Cl)c1CNc1ncnc2c1ncn2[C@@H]1O[C@H](CO)[C@@H](O)[C@H]1O. The number of nitrogens with one attached hydrogen (secondary N) is 1. The Balaban J connectivity index is 1.62. The van der Waals surface area contributed by atoms with Gasteiger partial charge in [-0.15, -0.1) is 0 Å². The number of hydrogen-bond donors (Lipinski definition) is 4. The van der Waals surface area contributed by atoms with Gasteiger partial charge in [-0.1, -0.05) is 23.7 Å². The van der Waals surface area contributed by atoms with Crippen LogP contribution in [0.15, 0.2) is 30.9 Å². The van der Waals surface area contributed by atoms with Gasteiger partial charge < -0.3 is 25.4 Å². The number of ether oxygens (including phenoxy) is 1. The molecular weight excluding hydrogens is 386 g/mol. The molecule has 148 valence electrons. The minimum absolute atomic E-state index is 0.402. The van der Waals surface area contributed by atoms with E-state index in [1.807, 2.05) is 25.1 Å². The Morgan fingerprint density at radius 3 is 2.75 bits per heavy atom. The molecule has 0 amide bonds. The lowest BCUT2D eigenvalue weighted by molar-refractivity contribution is -0.0511. The first-order chi connectivity index (χ1) is 13.5. The van der Waals surface area contributed by atoms with Gasteiger partial charge in [0.1, 0.15) is 24.6 Å². The van der Waals surface area contributed by atoms with Crippen LogP contribution in [0.1, 0.15) is 17.4 Å². The molecule has 0 spiro atoms. The van der Waals surface area contributed by atoms with E-state index >= 15 is 0 Å². The molecule has 1 fully saturated rings. The molecule has 0 unspecified atom stereocenters. The second-order valence-electron chi connectivity index (χ2n) is 6.66. The fourth-order valence-corrected chi connectivity index (χ4v) is 3.63. The Labute approximate surface area is 165 Å². The van der Waals surface area contributed by atoms with Gasteiger partial charge in [-0.25, -0.2) is 15.0 Å². The van der Waals surface area contributed by atoms with Gasteiger partial charge in [0.15, 0.2) is 23.2 Å². The Hall–Kier alpha value is -2.30. The molecule has 1 aliphatic rings. The van der Waals surface area contributed by atoms with Crippen molar-refractivity contribution in [3.8, 4) is 0 Å². The maximum absolute atomic E-state index is 10.3. The Bertz CT molecular complexity index is 977. The van der Waals surface area contributed by atoms with Gasteiger partial charge in [-0.05, 0) is 24.1 Å². The number of aryl methyl sites for hydroxylation is 1. The summed E-state index contributed by atoms with van der Waals surface area (Å²) in [5, 5.41) is 33.4. The number of aliphatic hydroxyl groups excluding tert-OH is 3.